The highest BCUT2D eigenvalue weighted by Gasteiger charge is 2.57. The van der Waals surface area contributed by atoms with E-state index in [2.05, 4.69) is 32.9 Å². The van der Waals surface area contributed by atoms with Crippen LogP contribution in [0, 0.1) is 16.7 Å². The van der Waals surface area contributed by atoms with Crippen molar-refractivity contribution in [1.82, 2.24) is 0 Å². The summed E-state index contributed by atoms with van der Waals surface area (Å²) in [6.45, 7) is 11.3. The zero-order chi connectivity index (χ0) is 13.7. The molecule has 3 unspecified atom stereocenters. The Morgan fingerprint density at radius 1 is 1.20 bits per heavy atom. The Kier molecular flexibility index (Phi) is 4.45. The van der Waals surface area contributed by atoms with E-state index in [9.17, 15) is 0 Å². The average Bonchev–Trinajstić information content (AvgIpc) is 2.51. The number of quaternary nitrogens is 1. The van der Waals surface area contributed by atoms with Crippen LogP contribution in [0.2, 0.25) is 5.02 Å². The predicted molar refractivity (Wildman–Crippen MR) is 80.5 cm³/mol. The minimum Gasteiger partial charge on any atom is -1.00 e. The van der Waals surface area contributed by atoms with E-state index in [1.54, 1.807) is 4.90 Å². The van der Waals surface area contributed by atoms with E-state index in [1.807, 2.05) is 12.1 Å². The number of hydrogen-bond donors (Lipinski definition) is 1. The first-order valence-electron chi connectivity index (χ1n) is 7.49. The van der Waals surface area contributed by atoms with Crippen LogP contribution < -0.4 is 17.3 Å². The number of hydrogen-bond acceptors (Lipinski definition) is 0. The Balaban J connectivity index is 0.00000147. The van der Waals surface area contributed by atoms with Gasteiger partial charge >= 0.3 is 0 Å². The SMILES string of the molecule is CC12CCC(C[NH+](Cc3ccc(Cl)cc3)C1)C2(C)C.[Cl-]. The van der Waals surface area contributed by atoms with Crippen LogP contribution in [-0.4, -0.2) is 13.1 Å². The molecule has 2 fully saturated rings. The first kappa shape index (κ1) is 16.1. The van der Waals surface area contributed by atoms with Gasteiger partial charge in [-0.25, -0.2) is 0 Å². The molecule has 1 aromatic carbocycles. The fourth-order valence-corrected chi connectivity index (χ4v) is 4.47. The molecular weight excluding hydrogens is 289 g/mol. The van der Waals surface area contributed by atoms with Crippen LogP contribution in [0.15, 0.2) is 24.3 Å². The maximum Gasteiger partial charge on any atom is 0.103 e. The van der Waals surface area contributed by atoms with Crippen molar-refractivity contribution in [2.24, 2.45) is 16.7 Å². The van der Waals surface area contributed by atoms with Crippen molar-refractivity contribution >= 4 is 11.6 Å². The van der Waals surface area contributed by atoms with Crippen molar-refractivity contribution in [3.05, 3.63) is 34.9 Å². The van der Waals surface area contributed by atoms with Gasteiger partial charge in [-0.2, -0.15) is 0 Å². The van der Waals surface area contributed by atoms with Gasteiger partial charge in [0.1, 0.15) is 6.54 Å². The highest BCUT2D eigenvalue weighted by atomic mass is 35.5. The predicted octanol–water partition coefficient (Wildman–Crippen LogP) is 0.185. The van der Waals surface area contributed by atoms with E-state index in [4.69, 9.17) is 11.6 Å². The molecule has 0 aromatic heterocycles. The van der Waals surface area contributed by atoms with Gasteiger partial charge in [0, 0.05) is 21.9 Å². The largest absolute Gasteiger partial charge is 1.00 e. The summed E-state index contributed by atoms with van der Waals surface area (Å²) in [5, 5.41) is 0.838. The van der Waals surface area contributed by atoms with E-state index in [0.717, 1.165) is 17.5 Å². The molecular formula is C17H25Cl2N. The van der Waals surface area contributed by atoms with Crippen molar-refractivity contribution in [1.29, 1.82) is 0 Å². The Labute approximate surface area is 134 Å². The fraction of sp³-hybridized carbons (Fsp3) is 0.647. The van der Waals surface area contributed by atoms with Crippen LogP contribution in [0.3, 0.4) is 0 Å². The summed E-state index contributed by atoms with van der Waals surface area (Å²) in [6, 6.07) is 8.39. The minimum absolute atomic E-state index is 0. The van der Waals surface area contributed by atoms with Gasteiger partial charge in [-0.15, -0.1) is 0 Å². The van der Waals surface area contributed by atoms with Crippen molar-refractivity contribution < 1.29 is 17.3 Å². The van der Waals surface area contributed by atoms with Crippen molar-refractivity contribution in [2.45, 2.75) is 40.2 Å². The van der Waals surface area contributed by atoms with E-state index >= 15 is 0 Å². The molecule has 3 rings (SSSR count). The summed E-state index contributed by atoms with van der Waals surface area (Å²) in [4.78, 5) is 1.76. The van der Waals surface area contributed by atoms with Crippen molar-refractivity contribution in [3.63, 3.8) is 0 Å². The first-order chi connectivity index (χ1) is 8.91. The van der Waals surface area contributed by atoms with Gasteiger partial charge in [0.05, 0.1) is 13.1 Å². The number of fused-ring (bicyclic) bond motifs is 2. The molecule has 0 amide bonds. The second-order valence-electron chi connectivity index (χ2n) is 7.45. The molecule has 1 saturated heterocycles. The molecule has 1 aliphatic heterocycles. The zero-order valence-corrected chi connectivity index (χ0v) is 14.2. The van der Waals surface area contributed by atoms with Crippen molar-refractivity contribution in [3.8, 4) is 0 Å². The number of rotatable bonds is 2. The molecule has 3 atom stereocenters. The second-order valence-corrected chi connectivity index (χ2v) is 7.89. The number of benzene rings is 1. The van der Waals surface area contributed by atoms with Crippen LogP contribution in [0.25, 0.3) is 0 Å². The van der Waals surface area contributed by atoms with Gasteiger partial charge in [0.25, 0.3) is 0 Å². The van der Waals surface area contributed by atoms with Gasteiger partial charge in [-0.05, 0) is 30.4 Å². The quantitative estimate of drug-likeness (QED) is 0.795. The van der Waals surface area contributed by atoms with Gasteiger partial charge in [0.15, 0.2) is 0 Å². The van der Waals surface area contributed by atoms with E-state index in [0.29, 0.717) is 10.8 Å². The Morgan fingerprint density at radius 3 is 2.45 bits per heavy atom. The van der Waals surface area contributed by atoms with Gasteiger partial charge in [0.2, 0.25) is 0 Å². The molecule has 3 heteroatoms. The summed E-state index contributed by atoms with van der Waals surface area (Å²) in [7, 11) is 0. The molecule has 112 valence electrons. The topological polar surface area (TPSA) is 4.44 Å². The lowest BCUT2D eigenvalue weighted by atomic mass is 9.63. The second kappa shape index (κ2) is 5.51. The summed E-state index contributed by atoms with van der Waals surface area (Å²) < 4.78 is 0. The third-order valence-electron chi connectivity index (χ3n) is 6.16. The van der Waals surface area contributed by atoms with E-state index < -0.39 is 0 Å². The number of piperidine rings is 1. The molecule has 1 saturated carbocycles. The molecule has 1 N–H and O–H groups in total. The molecule has 2 bridgehead atoms. The lowest BCUT2D eigenvalue weighted by Gasteiger charge is -2.48. The lowest BCUT2D eigenvalue weighted by molar-refractivity contribution is -0.931. The number of likely N-dealkylation sites (tertiary alicyclic amines) is 1. The van der Waals surface area contributed by atoms with Crippen LogP contribution in [-0.2, 0) is 6.54 Å². The Hall–Kier alpha value is -0.240. The van der Waals surface area contributed by atoms with Crippen molar-refractivity contribution in [2.75, 3.05) is 13.1 Å². The molecule has 1 aromatic rings. The third kappa shape index (κ3) is 2.61. The van der Waals surface area contributed by atoms with Gasteiger partial charge in [-0.3, -0.25) is 0 Å². The maximum absolute atomic E-state index is 5.96. The number of nitrogens with one attached hydrogen (secondary N) is 1. The van der Waals surface area contributed by atoms with Crippen LogP contribution in [0.1, 0.15) is 39.2 Å². The van der Waals surface area contributed by atoms with E-state index in [-0.39, 0.29) is 12.4 Å². The van der Waals surface area contributed by atoms with Gasteiger partial charge in [-0.1, -0.05) is 44.5 Å². The summed E-state index contributed by atoms with van der Waals surface area (Å²) in [6.07, 6.45) is 2.84. The molecule has 2 aliphatic rings. The zero-order valence-electron chi connectivity index (χ0n) is 12.7. The molecule has 1 heterocycles. The molecule has 1 aliphatic carbocycles. The Bertz CT molecular complexity index is 468. The third-order valence-corrected chi connectivity index (χ3v) is 6.42. The molecule has 0 radical (unpaired) electrons. The normalized spacial score (nSPS) is 34.6. The Morgan fingerprint density at radius 2 is 1.85 bits per heavy atom. The first-order valence-corrected chi connectivity index (χ1v) is 7.86. The molecule has 1 nitrogen and oxygen atoms in total. The van der Waals surface area contributed by atoms with E-state index in [1.165, 1.54) is 31.5 Å². The average molecular weight is 314 g/mol. The van der Waals surface area contributed by atoms with Gasteiger partial charge < -0.3 is 17.3 Å². The molecule has 20 heavy (non-hydrogen) atoms. The smallest absolute Gasteiger partial charge is 0.103 e. The highest BCUT2D eigenvalue weighted by molar-refractivity contribution is 6.30. The summed E-state index contributed by atoms with van der Waals surface area (Å²) in [5.41, 5.74) is 2.47. The molecule has 0 spiro atoms. The monoisotopic (exact) mass is 313 g/mol. The van der Waals surface area contributed by atoms with Crippen LogP contribution >= 0.6 is 11.6 Å². The highest BCUT2D eigenvalue weighted by Crippen LogP contribution is 2.56. The minimum atomic E-state index is 0. The maximum atomic E-state index is 5.96. The lowest BCUT2D eigenvalue weighted by Crippen LogP contribution is -3.14. The standard InChI is InChI=1S/C17H24ClN.ClH/c1-16(2)14-8-9-17(16,3)12-19(11-14)10-13-4-6-15(18)7-5-13;/h4-7,14H,8-12H2,1-3H3;1H. The fourth-order valence-electron chi connectivity index (χ4n) is 4.34. The summed E-state index contributed by atoms with van der Waals surface area (Å²) >= 11 is 5.96. The number of halogens is 2. The van der Waals surface area contributed by atoms with Crippen LogP contribution in [0.4, 0.5) is 0 Å². The van der Waals surface area contributed by atoms with Crippen LogP contribution in [0.5, 0.6) is 0 Å². The summed E-state index contributed by atoms with van der Waals surface area (Å²) in [5.74, 6) is 0.897.